The van der Waals surface area contributed by atoms with Crippen molar-refractivity contribution in [2.45, 2.75) is 5.75 Å². The molecule has 0 unspecified atom stereocenters. The Morgan fingerprint density at radius 3 is 3.00 bits per heavy atom. The Hall–Kier alpha value is -0.230. The van der Waals surface area contributed by atoms with Crippen molar-refractivity contribution >= 4 is 45.3 Å². The molecule has 1 aromatic carbocycles. The van der Waals surface area contributed by atoms with E-state index in [2.05, 4.69) is 49.3 Å². The Labute approximate surface area is 121 Å². The summed E-state index contributed by atoms with van der Waals surface area (Å²) in [4.78, 5) is 6.56. The van der Waals surface area contributed by atoms with Crippen molar-refractivity contribution in [2.24, 2.45) is 4.99 Å². The Morgan fingerprint density at radius 2 is 2.35 bits per heavy atom. The van der Waals surface area contributed by atoms with Gasteiger partial charge in [0.05, 0.1) is 13.3 Å². The van der Waals surface area contributed by atoms with Crippen molar-refractivity contribution in [2.75, 3.05) is 20.4 Å². The van der Waals surface area contributed by atoms with E-state index in [-0.39, 0.29) is 12.4 Å². The fourth-order valence-electron chi connectivity index (χ4n) is 1.37. The van der Waals surface area contributed by atoms with Gasteiger partial charge < -0.3 is 5.32 Å². The molecule has 94 valence electrons. The van der Waals surface area contributed by atoms with Crippen molar-refractivity contribution in [3.05, 3.63) is 34.3 Å². The molecular weight excluding hydrogens is 322 g/mol. The lowest BCUT2D eigenvalue weighted by molar-refractivity contribution is 0.326. The van der Waals surface area contributed by atoms with E-state index in [0.717, 1.165) is 28.7 Å². The fraction of sp³-hybridized carbons (Fsp3) is 0.364. The SMILES string of the molecule is CN1CN=C(SCc2cccc(Br)c2)NC1.Cl. The summed E-state index contributed by atoms with van der Waals surface area (Å²) in [6.45, 7) is 1.66. The van der Waals surface area contributed by atoms with Gasteiger partial charge in [-0.2, -0.15) is 0 Å². The summed E-state index contributed by atoms with van der Waals surface area (Å²) in [6.07, 6.45) is 0. The van der Waals surface area contributed by atoms with E-state index in [9.17, 15) is 0 Å². The predicted octanol–water partition coefficient (Wildman–Crippen LogP) is 2.91. The molecule has 1 N–H and O–H groups in total. The van der Waals surface area contributed by atoms with Gasteiger partial charge in [0.15, 0.2) is 5.17 Å². The van der Waals surface area contributed by atoms with Gasteiger partial charge in [-0.25, -0.2) is 4.99 Å². The second-order valence-corrected chi connectivity index (χ2v) is 5.59. The maximum atomic E-state index is 4.43. The molecule has 0 radical (unpaired) electrons. The lowest BCUT2D eigenvalue weighted by atomic mass is 10.2. The summed E-state index contributed by atoms with van der Waals surface area (Å²) in [5.74, 6) is 0.953. The third-order valence-electron chi connectivity index (χ3n) is 2.22. The summed E-state index contributed by atoms with van der Waals surface area (Å²) >= 11 is 5.23. The van der Waals surface area contributed by atoms with Crippen molar-refractivity contribution in [3.8, 4) is 0 Å². The molecule has 0 bridgehead atoms. The van der Waals surface area contributed by atoms with Gasteiger partial charge in [-0.3, -0.25) is 4.90 Å². The van der Waals surface area contributed by atoms with Crippen LogP contribution in [0.2, 0.25) is 0 Å². The van der Waals surface area contributed by atoms with Gasteiger partial charge in [0.1, 0.15) is 0 Å². The number of thioether (sulfide) groups is 1. The van der Waals surface area contributed by atoms with Gasteiger partial charge >= 0.3 is 0 Å². The maximum absolute atomic E-state index is 4.43. The number of rotatable bonds is 2. The molecule has 0 amide bonds. The van der Waals surface area contributed by atoms with Gasteiger partial charge in [-0.1, -0.05) is 39.8 Å². The normalized spacial score (nSPS) is 15.8. The molecule has 2 rings (SSSR count). The standard InChI is InChI=1S/C11H14BrN3S.ClH/c1-15-7-13-11(14-8-15)16-6-9-3-2-4-10(12)5-9;/h2-5H,6-8H2,1H3,(H,13,14);1H. The van der Waals surface area contributed by atoms with E-state index in [1.54, 1.807) is 11.8 Å². The summed E-state index contributed by atoms with van der Waals surface area (Å²) in [5, 5.41) is 4.32. The minimum absolute atomic E-state index is 0. The zero-order chi connectivity index (χ0) is 11.4. The van der Waals surface area contributed by atoms with Gasteiger partial charge in [-0.05, 0) is 24.7 Å². The molecule has 0 atom stereocenters. The first-order valence-electron chi connectivity index (χ1n) is 5.08. The van der Waals surface area contributed by atoms with Gasteiger partial charge in [-0.15, -0.1) is 12.4 Å². The fourth-order valence-corrected chi connectivity index (χ4v) is 2.61. The molecule has 1 aliphatic rings. The molecule has 6 heteroatoms. The Kier molecular flexibility index (Phi) is 6.33. The molecule has 0 aliphatic carbocycles. The van der Waals surface area contributed by atoms with Gasteiger partial charge in [0.25, 0.3) is 0 Å². The zero-order valence-corrected chi connectivity index (χ0v) is 12.7. The number of nitrogens with zero attached hydrogens (tertiary/aromatic N) is 2. The first-order chi connectivity index (χ1) is 7.74. The summed E-state index contributed by atoms with van der Waals surface area (Å²) in [6, 6.07) is 8.37. The number of amidine groups is 1. The molecule has 0 saturated heterocycles. The minimum atomic E-state index is 0. The summed E-state index contributed by atoms with van der Waals surface area (Å²) < 4.78 is 1.13. The van der Waals surface area contributed by atoms with Crippen LogP contribution in [0.4, 0.5) is 0 Å². The zero-order valence-electron chi connectivity index (χ0n) is 9.52. The van der Waals surface area contributed by atoms with Crippen LogP contribution in [0.5, 0.6) is 0 Å². The van der Waals surface area contributed by atoms with E-state index in [1.807, 2.05) is 13.1 Å². The lowest BCUT2D eigenvalue weighted by Crippen LogP contribution is -2.39. The van der Waals surface area contributed by atoms with Crippen molar-refractivity contribution in [1.29, 1.82) is 0 Å². The number of aliphatic imine (C=N–C) groups is 1. The lowest BCUT2D eigenvalue weighted by Gasteiger charge is -2.22. The smallest absolute Gasteiger partial charge is 0.159 e. The highest BCUT2D eigenvalue weighted by Gasteiger charge is 2.08. The van der Waals surface area contributed by atoms with E-state index in [0.29, 0.717) is 0 Å². The molecule has 0 spiro atoms. The number of benzene rings is 1. The molecule has 1 aromatic rings. The van der Waals surface area contributed by atoms with E-state index in [1.165, 1.54) is 5.56 Å². The second-order valence-electron chi connectivity index (χ2n) is 3.71. The van der Waals surface area contributed by atoms with Crippen LogP contribution >= 0.6 is 40.1 Å². The number of hydrogen-bond acceptors (Lipinski definition) is 4. The molecule has 0 fully saturated rings. The van der Waals surface area contributed by atoms with Crippen LogP contribution in [0.3, 0.4) is 0 Å². The largest absolute Gasteiger partial charge is 0.352 e. The molecule has 1 heterocycles. The third-order valence-corrected chi connectivity index (χ3v) is 3.74. The third kappa shape index (κ3) is 4.87. The Bertz CT molecular complexity index is 400. The van der Waals surface area contributed by atoms with Crippen LogP contribution < -0.4 is 5.32 Å². The minimum Gasteiger partial charge on any atom is -0.352 e. The summed E-state index contributed by atoms with van der Waals surface area (Å²) in [5.41, 5.74) is 1.31. The highest BCUT2D eigenvalue weighted by atomic mass is 79.9. The molecule has 3 nitrogen and oxygen atoms in total. The molecule has 0 aromatic heterocycles. The summed E-state index contributed by atoms with van der Waals surface area (Å²) in [7, 11) is 2.05. The highest BCUT2D eigenvalue weighted by Crippen LogP contribution is 2.18. The quantitative estimate of drug-likeness (QED) is 0.900. The average molecular weight is 337 g/mol. The van der Waals surface area contributed by atoms with Crippen LogP contribution in [0, 0.1) is 0 Å². The second kappa shape index (κ2) is 7.26. The van der Waals surface area contributed by atoms with Crippen LogP contribution in [0.15, 0.2) is 33.7 Å². The van der Waals surface area contributed by atoms with E-state index < -0.39 is 0 Å². The van der Waals surface area contributed by atoms with Crippen molar-refractivity contribution in [3.63, 3.8) is 0 Å². The van der Waals surface area contributed by atoms with Crippen molar-refractivity contribution in [1.82, 2.24) is 10.2 Å². The first-order valence-corrected chi connectivity index (χ1v) is 6.86. The van der Waals surface area contributed by atoms with Crippen LogP contribution in [-0.2, 0) is 5.75 Å². The first kappa shape index (κ1) is 14.8. The van der Waals surface area contributed by atoms with Crippen molar-refractivity contribution < 1.29 is 0 Å². The van der Waals surface area contributed by atoms with Crippen LogP contribution in [0.25, 0.3) is 0 Å². The topological polar surface area (TPSA) is 27.6 Å². The monoisotopic (exact) mass is 335 g/mol. The Balaban J connectivity index is 0.00000144. The van der Waals surface area contributed by atoms with Gasteiger partial charge in [0.2, 0.25) is 0 Å². The number of halogens is 2. The highest BCUT2D eigenvalue weighted by molar-refractivity contribution is 9.10. The van der Waals surface area contributed by atoms with Gasteiger partial charge in [0, 0.05) is 10.2 Å². The maximum Gasteiger partial charge on any atom is 0.159 e. The van der Waals surface area contributed by atoms with Crippen LogP contribution in [0.1, 0.15) is 5.56 Å². The molecule has 0 saturated carbocycles. The van der Waals surface area contributed by atoms with E-state index >= 15 is 0 Å². The molecule has 17 heavy (non-hydrogen) atoms. The van der Waals surface area contributed by atoms with Crippen LogP contribution in [-0.4, -0.2) is 30.5 Å². The Morgan fingerprint density at radius 1 is 1.53 bits per heavy atom. The predicted molar refractivity (Wildman–Crippen MR) is 80.8 cm³/mol. The average Bonchev–Trinajstić information content (AvgIpc) is 2.28. The number of nitrogens with one attached hydrogen (secondary N) is 1. The molecule has 1 aliphatic heterocycles. The van der Waals surface area contributed by atoms with E-state index in [4.69, 9.17) is 0 Å². The molecular formula is C11H15BrClN3S. The number of hydrogen-bond donors (Lipinski definition) is 1.